The molecule has 1 aromatic heterocycles. The average molecular weight is 377 g/mol. The number of hydrogen-bond acceptors (Lipinski definition) is 3. The lowest BCUT2D eigenvalue weighted by molar-refractivity contribution is 0.601. The third-order valence-electron chi connectivity index (χ3n) is 3.33. The Morgan fingerprint density at radius 1 is 1.09 bits per heavy atom. The van der Waals surface area contributed by atoms with E-state index in [1.807, 2.05) is 19.1 Å². The van der Waals surface area contributed by atoms with E-state index in [1.54, 1.807) is 42.6 Å². The van der Waals surface area contributed by atoms with Crippen LogP contribution in [0.3, 0.4) is 0 Å². The molecule has 4 nitrogen and oxygen atoms in total. The standard InChI is InChI=1S/C16H13BrN2O2S/c1-11-10-12(7-8-14(11)17)22(20,21)19-16-6-2-5-15-13(16)4-3-9-18-15/h2-10,19H,1H3. The van der Waals surface area contributed by atoms with Gasteiger partial charge in [0.25, 0.3) is 10.0 Å². The minimum Gasteiger partial charge on any atom is -0.279 e. The van der Waals surface area contributed by atoms with Gasteiger partial charge in [-0.25, -0.2) is 8.42 Å². The van der Waals surface area contributed by atoms with Crippen molar-refractivity contribution in [3.8, 4) is 0 Å². The highest BCUT2D eigenvalue weighted by Crippen LogP contribution is 2.26. The van der Waals surface area contributed by atoms with E-state index in [-0.39, 0.29) is 4.90 Å². The fourth-order valence-electron chi connectivity index (χ4n) is 2.18. The Kier molecular flexibility index (Phi) is 3.88. The molecule has 0 aliphatic heterocycles. The maximum absolute atomic E-state index is 12.6. The van der Waals surface area contributed by atoms with E-state index in [0.29, 0.717) is 5.69 Å². The molecule has 1 N–H and O–H groups in total. The number of nitrogens with one attached hydrogen (secondary N) is 1. The van der Waals surface area contributed by atoms with Crippen LogP contribution in [0.4, 0.5) is 5.69 Å². The Morgan fingerprint density at radius 3 is 2.68 bits per heavy atom. The molecule has 0 atom stereocenters. The summed E-state index contributed by atoms with van der Waals surface area (Å²) in [4.78, 5) is 4.46. The zero-order valence-corrected chi connectivity index (χ0v) is 14.1. The molecule has 0 amide bonds. The summed E-state index contributed by atoms with van der Waals surface area (Å²) < 4.78 is 28.6. The number of hydrogen-bond donors (Lipinski definition) is 1. The van der Waals surface area contributed by atoms with Gasteiger partial charge in [0.2, 0.25) is 0 Å². The normalized spacial score (nSPS) is 11.5. The van der Waals surface area contributed by atoms with Gasteiger partial charge in [0.1, 0.15) is 0 Å². The molecule has 3 aromatic rings. The van der Waals surface area contributed by atoms with Gasteiger partial charge in [-0.3, -0.25) is 9.71 Å². The number of fused-ring (bicyclic) bond motifs is 1. The summed E-state index contributed by atoms with van der Waals surface area (Å²) in [7, 11) is -3.64. The summed E-state index contributed by atoms with van der Waals surface area (Å²) in [6.07, 6.45) is 1.68. The quantitative estimate of drug-likeness (QED) is 0.748. The summed E-state index contributed by atoms with van der Waals surface area (Å²) in [5.74, 6) is 0. The fraction of sp³-hybridized carbons (Fsp3) is 0.0625. The van der Waals surface area contributed by atoms with Crippen LogP contribution in [-0.4, -0.2) is 13.4 Å². The molecule has 22 heavy (non-hydrogen) atoms. The minimum atomic E-state index is -3.64. The SMILES string of the molecule is Cc1cc(S(=O)(=O)Nc2cccc3ncccc23)ccc1Br. The van der Waals surface area contributed by atoms with Gasteiger partial charge in [-0.2, -0.15) is 0 Å². The monoisotopic (exact) mass is 376 g/mol. The third-order valence-corrected chi connectivity index (χ3v) is 5.58. The number of benzene rings is 2. The number of sulfonamides is 1. The van der Waals surface area contributed by atoms with E-state index in [4.69, 9.17) is 0 Å². The Bertz CT molecular complexity index is 950. The molecular formula is C16H13BrN2O2S. The fourth-order valence-corrected chi connectivity index (χ4v) is 3.59. The molecule has 0 radical (unpaired) electrons. The molecule has 0 fully saturated rings. The predicted molar refractivity (Wildman–Crippen MR) is 91.4 cm³/mol. The highest BCUT2D eigenvalue weighted by atomic mass is 79.9. The molecular weight excluding hydrogens is 364 g/mol. The number of nitrogens with zero attached hydrogens (tertiary/aromatic N) is 1. The molecule has 0 bridgehead atoms. The summed E-state index contributed by atoms with van der Waals surface area (Å²) >= 11 is 3.37. The van der Waals surface area contributed by atoms with E-state index in [2.05, 4.69) is 25.6 Å². The lowest BCUT2D eigenvalue weighted by Gasteiger charge is -2.11. The Balaban J connectivity index is 2.05. The molecule has 0 saturated heterocycles. The largest absolute Gasteiger partial charge is 0.279 e. The number of aryl methyl sites for hydroxylation is 1. The lowest BCUT2D eigenvalue weighted by atomic mass is 10.2. The topological polar surface area (TPSA) is 59.1 Å². The maximum Gasteiger partial charge on any atom is 0.261 e. The van der Waals surface area contributed by atoms with Crippen molar-refractivity contribution < 1.29 is 8.42 Å². The van der Waals surface area contributed by atoms with Crippen LogP contribution in [0.15, 0.2) is 64.1 Å². The molecule has 0 spiro atoms. The lowest BCUT2D eigenvalue weighted by Crippen LogP contribution is -2.13. The van der Waals surface area contributed by atoms with Crippen LogP contribution < -0.4 is 4.72 Å². The first kappa shape index (κ1) is 15.0. The minimum absolute atomic E-state index is 0.231. The number of halogens is 1. The zero-order chi connectivity index (χ0) is 15.7. The van der Waals surface area contributed by atoms with Gasteiger partial charge in [0, 0.05) is 16.1 Å². The first-order chi connectivity index (χ1) is 10.5. The highest BCUT2D eigenvalue weighted by molar-refractivity contribution is 9.10. The molecule has 0 unspecified atom stereocenters. The summed E-state index contributed by atoms with van der Waals surface area (Å²) in [6, 6.07) is 13.9. The second-order valence-electron chi connectivity index (χ2n) is 4.89. The van der Waals surface area contributed by atoms with E-state index >= 15 is 0 Å². The van der Waals surface area contributed by atoms with Crippen molar-refractivity contribution in [2.24, 2.45) is 0 Å². The van der Waals surface area contributed by atoms with E-state index < -0.39 is 10.0 Å². The molecule has 0 aliphatic rings. The van der Waals surface area contributed by atoms with Crippen LogP contribution in [-0.2, 0) is 10.0 Å². The second kappa shape index (κ2) is 5.70. The van der Waals surface area contributed by atoms with Crippen LogP contribution in [0.25, 0.3) is 10.9 Å². The van der Waals surface area contributed by atoms with E-state index in [9.17, 15) is 8.42 Å². The molecule has 2 aromatic carbocycles. The first-order valence-corrected chi connectivity index (χ1v) is 8.88. The van der Waals surface area contributed by atoms with Crippen LogP contribution in [0, 0.1) is 6.92 Å². The van der Waals surface area contributed by atoms with Gasteiger partial charge in [-0.1, -0.05) is 22.0 Å². The van der Waals surface area contributed by atoms with Crippen LogP contribution in [0.2, 0.25) is 0 Å². The Hall–Kier alpha value is -1.92. The molecule has 112 valence electrons. The van der Waals surface area contributed by atoms with Crippen molar-refractivity contribution in [2.45, 2.75) is 11.8 Å². The van der Waals surface area contributed by atoms with Crippen molar-refractivity contribution in [3.63, 3.8) is 0 Å². The molecule has 0 saturated carbocycles. The smallest absolute Gasteiger partial charge is 0.261 e. The van der Waals surface area contributed by atoms with Crippen LogP contribution >= 0.6 is 15.9 Å². The van der Waals surface area contributed by atoms with Crippen molar-refractivity contribution in [1.82, 2.24) is 4.98 Å². The van der Waals surface area contributed by atoms with Gasteiger partial charge >= 0.3 is 0 Å². The first-order valence-electron chi connectivity index (χ1n) is 6.60. The maximum atomic E-state index is 12.6. The van der Waals surface area contributed by atoms with E-state index in [1.165, 1.54) is 0 Å². The van der Waals surface area contributed by atoms with Crippen molar-refractivity contribution in [3.05, 3.63) is 64.8 Å². The summed E-state index contributed by atoms with van der Waals surface area (Å²) in [5, 5.41) is 0.766. The number of anilines is 1. The summed E-state index contributed by atoms with van der Waals surface area (Å²) in [5.41, 5.74) is 2.13. The number of aromatic nitrogens is 1. The van der Waals surface area contributed by atoms with Gasteiger partial charge in [-0.05, 0) is 55.0 Å². The highest BCUT2D eigenvalue weighted by Gasteiger charge is 2.16. The molecule has 1 heterocycles. The second-order valence-corrected chi connectivity index (χ2v) is 7.43. The van der Waals surface area contributed by atoms with Gasteiger partial charge < -0.3 is 0 Å². The molecule has 6 heteroatoms. The number of pyridine rings is 1. The number of rotatable bonds is 3. The van der Waals surface area contributed by atoms with Crippen LogP contribution in [0.5, 0.6) is 0 Å². The van der Waals surface area contributed by atoms with Gasteiger partial charge in [-0.15, -0.1) is 0 Å². The Labute approximate surface area is 137 Å². The van der Waals surface area contributed by atoms with Crippen molar-refractivity contribution >= 4 is 42.5 Å². The van der Waals surface area contributed by atoms with Gasteiger partial charge in [0.15, 0.2) is 0 Å². The van der Waals surface area contributed by atoms with Gasteiger partial charge in [0.05, 0.1) is 16.1 Å². The average Bonchev–Trinajstić information content (AvgIpc) is 2.50. The van der Waals surface area contributed by atoms with Crippen LogP contribution in [0.1, 0.15) is 5.56 Å². The summed E-state index contributed by atoms with van der Waals surface area (Å²) in [6.45, 7) is 1.85. The third kappa shape index (κ3) is 2.84. The molecule has 3 rings (SSSR count). The zero-order valence-electron chi connectivity index (χ0n) is 11.7. The molecule has 0 aliphatic carbocycles. The van der Waals surface area contributed by atoms with Crippen molar-refractivity contribution in [2.75, 3.05) is 4.72 Å². The Morgan fingerprint density at radius 2 is 1.91 bits per heavy atom. The van der Waals surface area contributed by atoms with E-state index in [0.717, 1.165) is 20.9 Å². The van der Waals surface area contributed by atoms with Crippen molar-refractivity contribution in [1.29, 1.82) is 0 Å². The predicted octanol–water partition coefficient (Wildman–Crippen LogP) is 4.11.